The highest BCUT2D eigenvalue weighted by Gasteiger charge is 2.16. The lowest BCUT2D eigenvalue weighted by Crippen LogP contribution is -1.94. The van der Waals surface area contributed by atoms with E-state index in [1.807, 2.05) is 61.2 Å². The first kappa shape index (κ1) is 30.4. The molecule has 6 nitrogen and oxygen atoms in total. The summed E-state index contributed by atoms with van der Waals surface area (Å²) in [4.78, 5) is 28.0. The van der Waals surface area contributed by atoms with Gasteiger partial charge in [0.1, 0.15) is 10.7 Å². The quantitative estimate of drug-likeness (QED) is 0.168. The SMILES string of the molecule is c1cncc(-c2cc(-c3cccnc3)cc(-c3cc(-c4cc(-c5cccnc5)cc(-c5cccnc5)c4)nc(-c4nc5ccccc5s4)c3)c2)c1. The third-order valence-electron chi connectivity index (χ3n) is 8.81. The van der Waals surface area contributed by atoms with E-state index in [9.17, 15) is 0 Å². The molecule has 0 radical (unpaired) electrons. The van der Waals surface area contributed by atoms with E-state index in [1.54, 1.807) is 36.1 Å². The lowest BCUT2D eigenvalue weighted by Gasteiger charge is -2.14. The molecule has 3 aromatic carbocycles. The largest absolute Gasteiger partial charge is 0.264 e. The van der Waals surface area contributed by atoms with Crippen molar-refractivity contribution < 1.29 is 0 Å². The molecule has 240 valence electrons. The number of rotatable bonds is 7. The summed E-state index contributed by atoms with van der Waals surface area (Å²) in [5, 5.41) is 0.867. The maximum Gasteiger partial charge on any atom is 0.143 e. The van der Waals surface area contributed by atoms with E-state index in [0.29, 0.717) is 0 Å². The molecule has 0 bridgehead atoms. The summed E-state index contributed by atoms with van der Waals surface area (Å²) in [6.07, 6.45) is 14.8. The first-order valence-electron chi connectivity index (χ1n) is 16.5. The summed E-state index contributed by atoms with van der Waals surface area (Å²) >= 11 is 1.65. The highest BCUT2D eigenvalue weighted by molar-refractivity contribution is 7.21. The Bertz CT molecular complexity index is 2330. The van der Waals surface area contributed by atoms with E-state index in [2.05, 4.69) is 105 Å². The van der Waals surface area contributed by atoms with E-state index < -0.39 is 0 Å². The molecule has 0 N–H and O–H groups in total. The van der Waals surface area contributed by atoms with Crippen molar-refractivity contribution in [3.63, 3.8) is 0 Å². The standard InChI is InChI=1S/C44H28N6S/c1-2-12-43-40(11-1)50-44(51-43)42-24-38(37-19-33(29-7-3-13-45-25-29)17-34(20-37)30-8-4-14-46-26-30)23-41(49-42)39-21-35(31-9-5-15-47-27-31)18-36(22-39)32-10-6-16-48-28-32/h1-28H. The Morgan fingerprint density at radius 1 is 0.333 bits per heavy atom. The second kappa shape index (κ2) is 13.3. The topological polar surface area (TPSA) is 77.3 Å². The van der Waals surface area contributed by atoms with Crippen molar-refractivity contribution in [3.8, 4) is 77.6 Å². The smallest absolute Gasteiger partial charge is 0.143 e. The Labute approximate surface area is 298 Å². The fourth-order valence-corrected chi connectivity index (χ4v) is 7.23. The second-order valence-electron chi connectivity index (χ2n) is 12.2. The number of nitrogens with zero attached hydrogens (tertiary/aromatic N) is 6. The molecule has 0 aliphatic carbocycles. The number of hydrogen-bond donors (Lipinski definition) is 0. The normalized spacial score (nSPS) is 11.1. The van der Waals surface area contributed by atoms with Gasteiger partial charge in [0.05, 0.1) is 15.9 Å². The van der Waals surface area contributed by atoms with Crippen LogP contribution < -0.4 is 0 Å². The van der Waals surface area contributed by atoms with Crippen molar-refractivity contribution in [2.24, 2.45) is 0 Å². The van der Waals surface area contributed by atoms with Crippen LogP contribution in [0.3, 0.4) is 0 Å². The Morgan fingerprint density at radius 2 is 0.745 bits per heavy atom. The fourth-order valence-electron chi connectivity index (χ4n) is 6.31. The maximum atomic E-state index is 5.32. The van der Waals surface area contributed by atoms with Crippen LogP contribution in [-0.2, 0) is 0 Å². The molecule has 0 atom stereocenters. The summed E-state index contributed by atoms with van der Waals surface area (Å²) in [7, 11) is 0. The Morgan fingerprint density at radius 3 is 1.20 bits per heavy atom. The Kier molecular flexibility index (Phi) is 7.92. The molecule has 0 aliphatic rings. The molecule has 0 unspecified atom stereocenters. The van der Waals surface area contributed by atoms with E-state index >= 15 is 0 Å². The third kappa shape index (κ3) is 6.30. The molecule has 0 saturated carbocycles. The van der Waals surface area contributed by atoms with Crippen molar-refractivity contribution in [1.29, 1.82) is 0 Å². The van der Waals surface area contributed by atoms with Crippen LogP contribution in [0, 0.1) is 0 Å². The van der Waals surface area contributed by atoms with E-state index in [-0.39, 0.29) is 0 Å². The highest BCUT2D eigenvalue weighted by atomic mass is 32.1. The van der Waals surface area contributed by atoms with Gasteiger partial charge in [0.25, 0.3) is 0 Å². The molecule has 9 aromatic rings. The van der Waals surface area contributed by atoms with Crippen molar-refractivity contribution in [2.45, 2.75) is 0 Å². The van der Waals surface area contributed by atoms with Gasteiger partial charge in [0.15, 0.2) is 0 Å². The summed E-state index contributed by atoms with van der Waals surface area (Å²) < 4.78 is 1.12. The zero-order valence-electron chi connectivity index (χ0n) is 27.3. The van der Waals surface area contributed by atoms with Crippen molar-refractivity contribution in [3.05, 3.63) is 171 Å². The lowest BCUT2D eigenvalue weighted by molar-refractivity contribution is 1.30. The van der Waals surface area contributed by atoms with Gasteiger partial charge in [0.2, 0.25) is 0 Å². The average molecular weight is 673 g/mol. The number of aromatic nitrogens is 6. The summed E-state index contributed by atoms with van der Waals surface area (Å²) in [6.45, 7) is 0. The number of thiazole rings is 1. The van der Waals surface area contributed by atoms with Gasteiger partial charge in [-0.2, -0.15) is 0 Å². The number of hydrogen-bond acceptors (Lipinski definition) is 7. The summed E-state index contributed by atoms with van der Waals surface area (Å²) in [6, 6.07) is 42.0. The van der Waals surface area contributed by atoms with Crippen LogP contribution in [0.25, 0.3) is 87.8 Å². The minimum atomic E-state index is 0.813. The molecule has 0 fully saturated rings. The lowest BCUT2D eigenvalue weighted by atomic mass is 9.92. The van der Waals surface area contributed by atoms with Crippen molar-refractivity contribution in [1.82, 2.24) is 29.9 Å². The third-order valence-corrected chi connectivity index (χ3v) is 9.87. The van der Waals surface area contributed by atoms with Crippen LogP contribution in [0.5, 0.6) is 0 Å². The van der Waals surface area contributed by atoms with Gasteiger partial charge in [-0.15, -0.1) is 11.3 Å². The van der Waals surface area contributed by atoms with Gasteiger partial charge in [-0.25, -0.2) is 9.97 Å². The van der Waals surface area contributed by atoms with Gasteiger partial charge < -0.3 is 0 Å². The van der Waals surface area contributed by atoms with Gasteiger partial charge in [-0.05, 0) is 118 Å². The zero-order valence-corrected chi connectivity index (χ0v) is 28.1. The molecule has 0 amide bonds. The van der Waals surface area contributed by atoms with Crippen LogP contribution in [0.1, 0.15) is 0 Å². The predicted molar refractivity (Wildman–Crippen MR) is 207 cm³/mol. The minimum absolute atomic E-state index is 0.813. The molecule has 7 heteroatoms. The number of pyridine rings is 5. The maximum absolute atomic E-state index is 5.32. The zero-order chi connectivity index (χ0) is 34.0. The molecule has 51 heavy (non-hydrogen) atoms. The fraction of sp³-hybridized carbons (Fsp3) is 0. The molecule has 0 spiro atoms. The van der Waals surface area contributed by atoms with Crippen molar-refractivity contribution in [2.75, 3.05) is 0 Å². The van der Waals surface area contributed by atoms with Gasteiger partial charge >= 0.3 is 0 Å². The minimum Gasteiger partial charge on any atom is -0.264 e. The van der Waals surface area contributed by atoms with E-state index in [4.69, 9.17) is 9.97 Å². The van der Waals surface area contributed by atoms with Gasteiger partial charge in [-0.1, -0.05) is 36.4 Å². The number of fused-ring (bicyclic) bond motifs is 1. The average Bonchev–Trinajstić information content (AvgIpc) is 3.66. The van der Waals surface area contributed by atoms with Crippen LogP contribution >= 0.6 is 11.3 Å². The molecular formula is C44H28N6S. The van der Waals surface area contributed by atoms with E-state index in [1.165, 1.54) is 0 Å². The number of benzene rings is 3. The van der Waals surface area contributed by atoms with Gasteiger partial charge in [0, 0.05) is 77.4 Å². The van der Waals surface area contributed by atoms with Crippen LogP contribution in [0.2, 0.25) is 0 Å². The first-order chi connectivity index (χ1) is 25.2. The molecular weight excluding hydrogens is 645 g/mol. The van der Waals surface area contributed by atoms with Crippen LogP contribution in [0.15, 0.2) is 171 Å². The molecule has 0 saturated heterocycles. The summed E-state index contributed by atoms with van der Waals surface area (Å²) in [5.41, 5.74) is 14.0. The van der Waals surface area contributed by atoms with Gasteiger partial charge in [-0.3, -0.25) is 19.9 Å². The second-order valence-corrected chi connectivity index (χ2v) is 13.2. The molecule has 6 heterocycles. The molecule has 6 aromatic heterocycles. The monoisotopic (exact) mass is 672 g/mol. The highest BCUT2D eigenvalue weighted by Crippen LogP contribution is 2.39. The first-order valence-corrected chi connectivity index (χ1v) is 17.4. The Hall–Kier alpha value is -6.70. The van der Waals surface area contributed by atoms with Crippen molar-refractivity contribution >= 4 is 21.6 Å². The molecule has 0 aliphatic heterocycles. The van der Waals surface area contributed by atoms with Crippen LogP contribution in [0.4, 0.5) is 0 Å². The predicted octanol–water partition coefficient (Wildman–Crippen LogP) is 10.9. The number of para-hydroxylation sites is 1. The van der Waals surface area contributed by atoms with E-state index in [0.717, 1.165) is 87.8 Å². The van der Waals surface area contributed by atoms with Crippen LogP contribution in [-0.4, -0.2) is 29.9 Å². The summed E-state index contributed by atoms with van der Waals surface area (Å²) in [5.74, 6) is 0. The molecule has 9 rings (SSSR count). The Balaban J connectivity index is 1.29.